The molecule has 0 aliphatic heterocycles. The van der Waals surface area contributed by atoms with E-state index in [0.29, 0.717) is 6.10 Å². The molecule has 1 unspecified atom stereocenters. The number of aryl methyl sites for hydroxylation is 1. The molecule has 2 heteroatoms. The molecule has 0 bridgehead atoms. The Labute approximate surface area is 110 Å². The quantitative estimate of drug-likeness (QED) is 0.740. The molecule has 0 radical (unpaired) electrons. The average molecular weight is 243 g/mol. The molecule has 0 heterocycles. The first-order valence-corrected chi connectivity index (χ1v) is 6.97. The summed E-state index contributed by atoms with van der Waals surface area (Å²) < 4.78 is 5.93. The molecule has 0 fully saturated rings. The summed E-state index contributed by atoms with van der Waals surface area (Å²) in [6, 6.07) is 8.24. The molecule has 0 saturated carbocycles. The predicted octanol–water partition coefficient (Wildman–Crippen LogP) is 3.62. The van der Waals surface area contributed by atoms with Crippen LogP contribution in [-0.2, 0) is 17.6 Å². The van der Waals surface area contributed by atoms with E-state index in [-0.39, 0.29) is 0 Å². The minimum Gasteiger partial charge on any atom is -0.378 e. The number of hydrogen-bond donors (Lipinski definition) is 0. The maximum Gasteiger partial charge on any atom is 0.0991 e. The van der Waals surface area contributed by atoms with Gasteiger partial charge < -0.3 is 4.74 Å². The number of rotatable bonds is 5. The largest absolute Gasteiger partial charge is 0.378 e. The molecule has 2 nitrogen and oxygen atoms in total. The van der Waals surface area contributed by atoms with Crippen LogP contribution >= 0.6 is 0 Å². The highest BCUT2D eigenvalue weighted by molar-refractivity contribution is 5.39. The van der Waals surface area contributed by atoms with E-state index < -0.39 is 0 Å². The van der Waals surface area contributed by atoms with Crippen LogP contribution in [0.2, 0.25) is 0 Å². The fourth-order valence-electron chi connectivity index (χ4n) is 2.54. The van der Waals surface area contributed by atoms with Crippen LogP contribution in [0.15, 0.2) is 18.2 Å². The molecule has 0 spiro atoms. The Morgan fingerprint density at radius 2 is 2.22 bits per heavy atom. The molecule has 1 atom stereocenters. The minimum absolute atomic E-state index is 0.377. The van der Waals surface area contributed by atoms with E-state index in [2.05, 4.69) is 19.1 Å². The molecule has 0 amide bonds. The van der Waals surface area contributed by atoms with Crippen molar-refractivity contribution in [3.05, 3.63) is 34.9 Å². The summed E-state index contributed by atoms with van der Waals surface area (Å²) in [5.74, 6) is 0. The summed E-state index contributed by atoms with van der Waals surface area (Å²) in [4.78, 5) is 0. The van der Waals surface area contributed by atoms with Crippen molar-refractivity contribution in [3.8, 4) is 6.07 Å². The van der Waals surface area contributed by atoms with Gasteiger partial charge in [0.05, 0.1) is 17.7 Å². The van der Waals surface area contributed by atoms with Crippen molar-refractivity contribution in [2.45, 2.75) is 51.6 Å². The molecule has 1 aliphatic rings. The van der Waals surface area contributed by atoms with Gasteiger partial charge in [0.25, 0.3) is 0 Å². The third-order valence-corrected chi connectivity index (χ3v) is 3.62. The van der Waals surface area contributed by atoms with Crippen LogP contribution in [0.3, 0.4) is 0 Å². The lowest BCUT2D eigenvalue weighted by atomic mass is 9.88. The molecule has 96 valence electrons. The Morgan fingerprint density at radius 1 is 1.33 bits per heavy atom. The van der Waals surface area contributed by atoms with Gasteiger partial charge in [-0.15, -0.1) is 0 Å². The first-order valence-electron chi connectivity index (χ1n) is 6.97. The zero-order valence-electron chi connectivity index (χ0n) is 11.1. The number of nitrogens with zero attached hydrogens (tertiary/aromatic N) is 1. The molecule has 1 aromatic carbocycles. The zero-order valence-corrected chi connectivity index (χ0v) is 11.1. The van der Waals surface area contributed by atoms with Gasteiger partial charge in [0.2, 0.25) is 0 Å². The van der Waals surface area contributed by atoms with Crippen molar-refractivity contribution >= 4 is 0 Å². The second kappa shape index (κ2) is 6.56. The average Bonchev–Trinajstić information content (AvgIpc) is 2.43. The van der Waals surface area contributed by atoms with Gasteiger partial charge in [-0.05, 0) is 48.9 Å². The van der Waals surface area contributed by atoms with Crippen molar-refractivity contribution in [1.29, 1.82) is 5.26 Å². The van der Waals surface area contributed by atoms with Crippen LogP contribution in [0.1, 0.15) is 49.3 Å². The van der Waals surface area contributed by atoms with E-state index in [4.69, 9.17) is 10.00 Å². The van der Waals surface area contributed by atoms with Crippen molar-refractivity contribution in [2.75, 3.05) is 6.61 Å². The first kappa shape index (κ1) is 13.1. The maximum atomic E-state index is 8.88. The van der Waals surface area contributed by atoms with E-state index in [0.717, 1.165) is 31.4 Å². The SMILES string of the molecule is CCCCCOC1CCc2cc(C#N)ccc2C1. The van der Waals surface area contributed by atoms with Gasteiger partial charge in [-0.2, -0.15) is 5.26 Å². The Kier molecular flexibility index (Phi) is 4.78. The fourth-order valence-corrected chi connectivity index (χ4v) is 2.54. The van der Waals surface area contributed by atoms with E-state index in [1.807, 2.05) is 12.1 Å². The van der Waals surface area contributed by atoms with Crippen LogP contribution in [0.4, 0.5) is 0 Å². The monoisotopic (exact) mass is 243 g/mol. The van der Waals surface area contributed by atoms with E-state index in [1.165, 1.54) is 30.4 Å². The highest BCUT2D eigenvalue weighted by Gasteiger charge is 2.19. The van der Waals surface area contributed by atoms with Gasteiger partial charge in [-0.3, -0.25) is 0 Å². The van der Waals surface area contributed by atoms with Gasteiger partial charge in [0.15, 0.2) is 0 Å². The third kappa shape index (κ3) is 3.34. The molecule has 0 N–H and O–H groups in total. The Balaban J connectivity index is 1.88. The number of ether oxygens (including phenoxy) is 1. The van der Waals surface area contributed by atoms with Gasteiger partial charge in [-0.25, -0.2) is 0 Å². The molecular weight excluding hydrogens is 222 g/mol. The summed E-state index contributed by atoms with van der Waals surface area (Å²) in [7, 11) is 0. The molecule has 1 aliphatic carbocycles. The Morgan fingerprint density at radius 3 is 3.00 bits per heavy atom. The Bertz CT molecular complexity index is 433. The van der Waals surface area contributed by atoms with Gasteiger partial charge in [-0.1, -0.05) is 25.8 Å². The molecule has 1 aromatic rings. The molecule has 18 heavy (non-hydrogen) atoms. The highest BCUT2D eigenvalue weighted by Crippen LogP contribution is 2.24. The molecule has 2 rings (SSSR count). The van der Waals surface area contributed by atoms with E-state index in [1.54, 1.807) is 0 Å². The minimum atomic E-state index is 0.377. The maximum absolute atomic E-state index is 8.88. The Hall–Kier alpha value is -1.33. The smallest absolute Gasteiger partial charge is 0.0991 e. The molecule has 0 saturated heterocycles. The first-order chi connectivity index (χ1) is 8.83. The standard InChI is InChI=1S/C16H21NO/c1-2-3-4-9-18-16-8-7-14-10-13(12-17)5-6-15(14)11-16/h5-6,10,16H,2-4,7-9,11H2,1H3. The number of benzene rings is 1. The number of nitriles is 1. The van der Waals surface area contributed by atoms with Gasteiger partial charge >= 0.3 is 0 Å². The summed E-state index contributed by atoms with van der Waals surface area (Å²) in [5.41, 5.74) is 3.47. The normalized spacial score (nSPS) is 18.1. The topological polar surface area (TPSA) is 33.0 Å². The summed E-state index contributed by atoms with van der Waals surface area (Å²) >= 11 is 0. The lowest BCUT2D eigenvalue weighted by Gasteiger charge is -2.25. The van der Waals surface area contributed by atoms with E-state index >= 15 is 0 Å². The van der Waals surface area contributed by atoms with Crippen molar-refractivity contribution in [1.82, 2.24) is 0 Å². The lowest BCUT2D eigenvalue weighted by Crippen LogP contribution is -2.23. The summed E-state index contributed by atoms with van der Waals surface area (Å²) in [5, 5.41) is 8.88. The van der Waals surface area contributed by atoms with Crippen molar-refractivity contribution in [2.24, 2.45) is 0 Å². The number of hydrogen-bond acceptors (Lipinski definition) is 2. The highest BCUT2D eigenvalue weighted by atomic mass is 16.5. The van der Waals surface area contributed by atoms with Crippen LogP contribution in [-0.4, -0.2) is 12.7 Å². The van der Waals surface area contributed by atoms with E-state index in [9.17, 15) is 0 Å². The van der Waals surface area contributed by atoms with Crippen molar-refractivity contribution < 1.29 is 4.74 Å². The van der Waals surface area contributed by atoms with Crippen LogP contribution in [0.5, 0.6) is 0 Å². The number of unbranched alkanes of at least 4 members (excludes halogenated alkanes) is 2. The lowest BCUT2D eigenvalue weighted by molar-refractivity contribution is 0.0419. The molecule has 0 aromatic heterocycles. The van der Waals surface area contributed by atoms with Crippen LogP contribution < -0.4 is 0 Å². The summed E-state index contributed by atoms with van der Waals surface area (Å²) in [6.07, 6.45) is 7.20. The summed E-state index contributed by atoms with van der Waals surface area (Å²) in [6.45, 7) is 3.10. The second-order valence-corrected chi connectivity index (χ2v) is 5.04. The fraction of sp³-hybridized carbons (Fsp3) is 0.562. The van der Waals surface area contributed by atoms with Crippen molar-refractivity contribution in [3.63, 3.8) is 0 Å². The third-order valence-electron chi connectivity index (χ3n) is 3.62. The van der Waals surface area contributed by atoms with Gasteiger partial charge in [0.1, 0.15) is 0 Å². The predicted molar refractivity (Wildman–Crippen MR) is 72.4 cm³/mol. The van der Waals surface area contributed by atoms with Crippen LogP contribution in [0.25, 0.3) is 0 Å². The number of fused-ring (bicyclic) bond motifs is 1. The van der Waals surface area contributed by atoms with Crippen LogP contribution in [0, 0.1) is 11.3 Å². The second-order valence-electron chi connectivity index (χ2n) is 5.04. The molecular formula is C16H21NO. The van der Waals surface area contributed by atoms with Gasteiger partial charge in [0, 0.05) is 6.61 Å². The zero-order chi connectivity index (χ0) is 12.8.